The van der Waals surface area contributed by atoms with E-state index in [1.807, 2.05) is 13.8 Å². The fourth-order valence-corrected chi connectivity index (χ4v) is 2.11. The topological polar surface area (TPSA) is 58.9 Å². The van der Waals surface area contributed by atoms with Crippen LogP contribution < -0.4 is 0 Å². The maximum Gasteiger partial charge on any atom is 0.235 e. The number of carbonyl (C=O) groups excluding carboxylic acids is 2. The second kappa shape index (κ2) is 4.32. The molecule has 0 heterocycles. The quantitative estimate of drug-likeness (QED) is 0.495. The van der Waals surface area contributed by atoms with Crippen LogP contribution in [-0.2, 0) is 9.59 Å². The molecule has 0 amide bonds. The third-order valence-electron chi connectivity index (χ3n) is 2.90. The largest absolute Gasteiger partial charge is 0.235 e. The van der Waals surface area contributed by atoms with Crippen LogP contribution in [-0.4, -0.2) is 24.2 Å². The number of hydrogen-bond acceptors (Lipinski definition) is 4. The zero-order chi connectivity index (χ0) is 10.6. The Labute approximate surface area is 83.1 Å². The highest BCUT2D eigenvalue weighted by Gasteiger charge is 2.39. The maximum atomic E-state index is 10.3. The molecule has 1 fully saturated rings. The lowest BCUT2D eigenvalue weighted by Gasteiger charge is -2.38. The molecule has 1 aliphatic carbocycles. The molecule has 14 heavy (non-hydrogen) atoms. The van der Waals surface area contributed by atoms with E-state index in [2.05, 4.69) is 9.98 Å². The van der Waals surface area contributed by atoms with E-state index in [-0.39, 0.29) is 17.5 Å². The van der Waals surface area contributed by atoms with Crippen molar-refractivity contribution in [3.63, 3.8) is 0 Å². The lowest BCUT2D eigenvalue weighted by atomic mass is 9.71. The number of rotatable bonds is 2. The Morgan fingerprint density at radius 3 is 2.43 bits per heavy atom. The van der Waals surface area contributed by atoms with E-state index in [1.165, 1.54) is 0 Å². The summed E-state index contributed by atoms with van der Waals surface area (Å²) >= 11 is 0. The minimum absolute atomic E-state index is 0.0827. The van der Waals surface area contributed by atoms with Crippen LogP contribution in [0.4, 0.5) is 0 Å². The highest BCUT2D eigenvalue weighted by Crippen LogP contribution is 2.38. The predicted octanol–water partition coefficient (Wildman–Crippen LogP) is 1.61. The summed E-state index contributed by atoms with van der Waals surface area (Å²) in [4.78, 5) is 27.9. The van der Waals surface area contributed by atoms with Crippen molar-refractivity contribution >= 4 is 12.2 Å². The first kappa shape index (κ1) is 10.8. The van der Waals surface area contributed by atoms with Gasteiger partial charge in [-0.2, -0.15) is 4.99 Å². The third kappa shape index (κ3) is 2.16. The Kier molecular flexibility index (Phi) is 3.34. The number of nitrogens with zero attached hydrogens (tertiary/aromatic N) is 2. The molecule has 2 atom stereocenters. The first-order valence-electron chi connectivity index (χ1n) is 4.76. The molecule has 0 saturated heterocycles. The molecule has 0 aromatic heterocycles. The van der Waals surface area contributed by atoms with E-state index in [9.17, 15) is 9.59 Å². The van der Waals surface area contributed by atoms with Crippen molar-refractivity contribution in [3.05, 3.63) is 0 Å². The van der Waals surface area contributed by atoms with E-state index < -0.39 is 0 Å². The van der Waals surface area contributed by atoms with Crippen LogP contribution in [0.25, 0.3) is 0 Å². The van der Waals surface area contributed by atoms with Crippen molar-refractivity contribution in [2.75, 3.05) is 0 Å². The molecule has 1 aliphatic rings. The van der Waals surface area contributed by atoms with E-state index in [0.29, 0.717) is 0 Å². The first-order chi connectivity index (χ1) is 6.61. The van der Waals surface area contributed by atoms with Gasteiger partial charge in [0.2, 0.25) is 12.2 Å². The zero-order valence-corrected chi connectivity index (χ0v) is 8.49. The second-order valence-corrected chi connectivity index (χ2v) is 4.33. The van der Waals surface area contributed by atoms with Crippen LogP contribution in [0.2, 0.25) is 0 Å². The molecular formula is C10H14N2O2. The Hall–Kier alpha value is -1.24. The SMILES string of the molecule is CC1(C)CCCC(N=C=O)C1N=C=O. The lowest BCUT2D eigenvalue weighted by molar-refractivity contribution is 0.181. The molecule has 76 valence electrons. The highest BCUT2D eigenvalue weighted by atomic mass is 16.1. The lowest BCUT2D eigenvalue weighted by Crippen LogP contribution is -2.41. The summed E-state index contributed by atoms with van der Waals surface area (Å²) in [6.45, 7) is 4.07. The molecule has 1 rings (SSSR count). The van der Waals surface area contributed by atoms with Crippen molar-refractivity contribution < 1.29 is 9.59 Å². The van der Waals surface area contributed by atoms with Crippen molar-refractivity contribution in [3.8, 4) is 0 Å². The average Bonchev–Trinajstić information content (AvgIpc) is 2.11. The number of hydrogen-bond donors (Lipinski definition) is 0. The maximum absolute atomic E-state index is 10.3. The number of isocyanates is 2. The monoisotopic (exact) mass is 194 g/mol. The molecule has 0 radical (unpaired) electrons. The molecule has 0 aliphatic heterocycles. The Morgan fingerprint density at radius 2 is 1.86 bits per heavy atom. The van der Waals surface area contributed by atoms with Gasteiger partial charge in [0.25, 0.3) is 0 Å². The van der Waals surface area contributed by atoms with Crippen molar-refractivity contribution in [2.24, 2.45) is 15.4 Å². The summed E-state index contributed by atoms with van der Waals surface area (Å²) in [5, 5.41) is 0. The van der Waals surface area contributed by atoms with E-state index in [0.717, 1.165) is 19.3 Å². The van der Waals surface area contributed by atoms with E-state index >= 15 is 0 Å². The summed E-state index contributed by atoms with van der Waals surface area (Å²) in [6.07, 6.45) is 5.92. The van der Waals surface area contributed by atoms with Crippen LogP contribution >= 0.6 is 0 Å². The summed E-state index contributed by atoms with van der Waals surface area (Å²) in [5.74, 6) is 0. The normalized spacial score (nSPS) is 29.9. The molecule has 4 heteroatoms. The van der Waals surface area contributed by atoms with Crippen molar-refractivity contribution in [1.29, 1.82) is 0 Å². The molecule has 0 spiro atoms. The van der Waals surface area contributed by atoms with Gasteiger partial charge in [0.1, 0.15) is 0 Å². The molecule has 0 bridgehead atoms. The van der Waals surface area contributed by atoms with E-state index in [1.54, 1.807) is 12.2 Å². The molecule has 1 saturated carbocycles. The van der Waals surface area contributed by atoms with Crippen LogP contribution in [0.5, 0.6) is 0 Å². The summed E-state index contributed by atoms with van der Waals surface area (Å²) < 4.78 is 0. The van der Waals surface area contributed by atoms with Gasteiger partial charge in [-0.3, -0.25) is 0 Å². The molecular weight excluding hydrogens is 180 g/mol. The van der Waals surface area contributed by atoms with Gasteiger partial charge in [0.05, 0.1) is 12.1 Å². The first-order valence-corrected chi connectivity index (χ1v) is 4.76. The average molecular weight is 194 g/mol. The molecule has 4 nitrogen and oxygen atoms in total. The Bertz CT molecular complexity index is 299. The summed E-state index contributed by atoms with van der Waals surface area (Å²) in [7, 11) is 0. The van der Waals surface area contributed by atoms with Gasteiger partial charge in [-0.25, -0.2) is 14.6 Å². The van der Waals surface area contributed by atoms with Gasteiger partial charge < -0.3 is 0 Å². The van der Waals surface area contributed by atoms with Crippen LogP contribution in [0.15, 0.2) is 9.98 Å². The van der Waals surface area contributed by atoms with Gasteiger partial charge in [0.15, 0.2) is 0 Å². The van der Waals surface area contributed by atoms with Gasteiger partial charge in [-0.05, 0) is 18.3 Å². The van der Waals surface area contributed by atoms with Crippen LogP contribution in [0, 0.1) is 5.41 Å². The van der Waals surface area contributed by atoms with Crippen LogP contribution in [0.3, 0.4) is 0 Å². The summed E-state index contributed by atoms with van der Waals surface area (Å²) in [5.41, 5.74) is -0.0827. The summed E-state index contributed by atoms with van der Waals surface area (Å²) in [6, 6.07) is -0.423. The van der Waals surface area contributed by atoms with Gasteiger partial charge in [-0.15, -0.1) is 0 Å². The minimum atomic E-state index is -0.227. The standard InChI is InChI=1S/C10H14N2O2/c1-10(2)5-3-4-8(11-6-13)9(10)12-7-14/h8-9H,3-5H2,1-2H3. The number of aliphatic imine (C=N–C) groups is 2. The Balaban J connectivity index is 2.94. The third-order valence-corrected chi connectivity index (χ3v) is 2.90. The van der Waals surface area contributed by atoms with Crippen molar-refractivity contribution in [2.45, 2.75) is 45.2 Å². The van der Waals surface area contributed by atoms with E-state index in [4.69, 9.17) is 0 Å². The fraction of sp³-hybridized carbons (Fsp3) is 0.800. The Morgan fingerprint density at radius 1 is 1.21 bits per heavy atom. The molecule has 0 N–H and O–H groups in total. The zero-order valence-electron chi connectivity index (χ0n) is 8.49. The second-order valence-electron chi connectivity index (χ2n) is 4.33. The predicted molar refractivity (Wildman–Crippen MR) is 51.5 cm³/mol. The van der Waals surface area contributed by atoms with Crippen LogP contribution in [0.1, 0.15) is 33.1 Å². The molecule has 2 unspecified atom stereocenters. The fourth-order valence-electron chi connectivity index (χ4n) is 2.11. The minimum Gasteiger partial charge on any atom is -0.211 e. The molecule has 0 aromatic carbocycles. The highest BCUT2D eigenvalue weighted by molar-refractivity contribution is 5.36. The molecule has 0 aromatic rings. The smallest absolute Gasteiger partial charge is 0.211 e. The van der Waals surface area contributed by atoms with Gasteiger partial charge in [0, 0.05) is 0 Å². The van der Waals surface area contributed by atoms with Gasteiger partial charge in [-0.1, -0.05) is 20.3 Å². The van der Waals surface area contributed by atoms with Crippen molar-refractivity contribution in [1.82, 2.24) is 0 Å². The van der Waals surface area contributed by atoms with Gasteiger partial charge >= 0.3 is 0 Å².